The molecule has 0 aromatic carbocycles. The van der Waals surface area contributed by atoms with Crippen LogP contribution in [0.5, 0.6) is 0 Å². The van der Waals surface area contributed by atoms with E-state index >= 15 is 0 Å². The van der Waals surface area contributed by atoms with E-state index in [4.69, 9.17) is 24.3 Å². The second-order valence-electron chi connectivity index (χ2n) is 14.6. The highest BCUT2D eigenvalue weighted by molar-refractivity contribution is 7.47. The van der Waals surface area contributed by atoms with Crippen LogP contribution in [0.4, 0.5) is 0 Å². The van der Waals surface area contributed by atoms with Gasteiger partial charge in [0.25, 0.3) is 0 Å². The van der Waals surface area contributed by atoms with Crippen molar-refractivity contribution in [1.82, 2.24) is 0 Å². The Kier molecular flexibility index (Phi) is 39.0. The van der Waals surface area contributed by atoms with Gasteiger partial charge in [-0.25, -0.2) is 4.57 Å². The molecule has 0 aromatic rings. The molecule has 0 aliphatic heterocycles. The van der Waals surface area contributed by atoms with Gasteiger partial charge in [-0.05, 0) is 64.2 Å². The number of esters is 2. The molecular weight excluding hydrogens is 689 g/mol. The molecule has 3 N–H and O–H groups in total. The molecule has 2 atom stereocenters. The molecule has 0 rings (SSSR count). The summed E-state index contributed by atoms with van der Waals surface area (Å²) in [5.41, 5.74) is 5.34. The van der Waals surface area contributed by atoms with Gasteiger partial charge in [-0.15, -0.1) is 0 Å². The Morgan fingerprint density at radius 3 is 1.40 bits per heavy atom. The number of hydrogen-bond donors (Lipinski definition) is 2. The molecule has 0 heterocycles. The SMILES string of the molecule is CCCCC/C=C\CCCC/C=C\CCCCCCC(=O)O[C@H](COC(=O)CCCCCCCCCCCCCCCCC)COP(=O)(O)OCCN. The normalized spacial score (nSPS) is 13.5. The summed E-state index contributed by atoms with van der Waals surface area (Å²) in [4.78, 5) is 34.8. The van der Waals surface area contributed by atoms with Gasteiger partial charge < -0.3 is 20.1 Å². The summed E-state index contributed by atoms with van der Waals surface area (Å²) in [7, 11) is -4.38. The molecule has 0 saturated heterocycles. The maximum absolute atomic E-state index is 12.6. The lowest BCUT2D eigenvalue weighted by atomic mass is 10.0. The van der Waals surface area contributed by atoms with Crippen molar-refractivity contribution in [3.8, 4) is 0 Å². The van der Waals surface area contributed by atoms with Crippen LogP contribution < -0.4 is 5.73 Å². The van der Waals surface area contributed by atoms with Crippen LogP contribution in [0.1, 0.15) is 206 Å². The lowest BCUT2D eigenvalue weighted by Crippen LogP contribution is -2.29. The second-order valence-corrected chi connectivity index (χ2v) is 16.0. The molecule has 0 bridgehead atoms. The van der Waals surface area contributed by atoms with E-state index in [0.29, 0.717) is 6.42 Å². The van der Waals surface area contributed by atoms with Crippen molar-refractivity contribution in [3.63, 3.8) is 0 Å². The van der Waals surface area contributed by atoms with Crippen LogP contribution in [-0.4, -0.2) is 49.3 Å². The number of carbonyl (C=O) groups excluding carboxylic acids is 2. The molecule has 9 nitrogen and oxygen atoms in total. The number of phosphoric ester groups is 1. The summed E-state index contributed by atoms with van der Waals surface area (Å²) in [6.07, 6.45) is 42.0. The predicted octanol–water partition coefficient (Wildman–Crippen LogP) is 12.4. The van der Waals surface area contributed by atoms with E-state index < -0.39 is 26.5 Å². The van der Waals surface area contributed by atoms with Crippen molar-refractivity contribution in [2.75, 3.05) is 26.4 Å². The minimum Gasteiger partial charge on any atom is -0.462 e. The van der Waals surface area contributed by atoms with Gasteiger partial charge in [0.15, 0.2) is 6.10 Å². The molecule has 0 saturated carbocycles. The zero-order valence-corrected chi connectivity index (χ0v) is 35.2. The topological polar surface area (TPSA) is 134 Å². The second kappa shape index (κ2) is 40.2. The minimum absolute atomic E-state index is 0.0525. The molecule has 0 fully saturated rings. The third-order valence-electron chi connectivity index (χ3n) is 9.31. The average molecular weight is 772 g/mol. The highest BCUT2D eigenvalue weighted by atomic mass is 31.2. The van der Waals surface area contributed by atoms with Crippen molar-refractivity contribution in [2.24, 2.45) is 5.73 Å². The number of phosphoric acid groups is 1. The van der Waals surface area contributed by atoms with Gasteiger partial charge in [0, 0.05) is 19.4 Å². The maximum Gasteiger partial charge on any atom is 0.472 e. The number of ether oxygens (including phenoxy) is 2. The first-order valence-electron chi connectivity index (χ1n) is 21.8. The van der Waals surface area contributed by atoms with E-state index in [-0.39, 0.29) is 38.6 Å². The van der Waals surface area contributed by atoms with E-state index in [1.165, 1.54) is 122 Å². The monoisotopic (exact) mass is 772 g/mol. The van der Waals surface area contributed by atoms with Crippen LogP contribution in [0, 0.1) is 0 Å². The Balaban J connectivity index is 4.16. The fourth-order valence-electron chi connectivity index (χ4n) is 6.04. The smallest absolute Gasteiger partial charge is 0.462 e. The number of nitrogens with two attached hydrogens (primary N) is 1. The molecule has 0 amide bonds. The summed E-state index contributed by atoms with van der Waals surface area (Å²) < 4.78 is 32.8. The van der Waals surface area contributed by atoms with Gasteiger partial charge in [-0.2, -0.15) is 0 Å². The molecule has 10 heteroatoms. The number of hydrogen-bond acceptors (Lipinski definition) is 8. The van der Waals surface area contributed by atoms with Crippen molar-refractivity contribution >= 4 is 19.8 Å². The van der Waals surface area contributed by atoms with Crippen LogP contribution in [0.15, 0.2) is 24.3 Å². The maximum atomic E-state index is 12.6. The summed E-state index contributed by atoms with van der Waals surface area (Å²) in [6.45, 7) is 3.71. The third kappa shape index (κ3) is 40.0. The predicted molar refractivity (Wildman–Crippen MR) is 220 cm³/mol. The van der Waals surface area contributed by atoms with Gasteiger partial charge in [0.05, 0.1) is 13.2 Å². The lowest BCUT2D eigenvalue weighted by molar-refractivity contribution is -0.161. The van der Waals surface area contributed by atoms with Crippen molar-refractivity contribution < 1.29 is 37.6 Å². The summed E-state index contributed by atoms with van der Waals surface area (Å²) in [5.74, 6) is -0.838. The quantitative estimate of drug-likeness (QED) is 0.0269. The molecule has 0 aliphatic carbocycles. The number of unbranched alkanes of at least 4 members (excludes halogenated alkanes) is 24. The van der Waals surface area contributed by atoms with Crippen LogP contribution in [0.3, 0.4) is 0 Å². The largest absolute Gasteiger partial charge is 0.472 e. The average Bonchev–Trinajstić information content (AvgIpc) is 3.14. The Morgan fingerprint density at radius 2 is 0.925 bits per heavy atom. The first-order chi connectivity index (χ1) is 25.8. The number of rotatable bonds is 41. The first kappa shape index (κ1) is 51.5. The standard InChI is InChI=1S/C43H82NO8P/c1-3-5-7-9-11-13-15-17-19-20-22-24-26-28-30-32-34-36-43(46)52-41(40-51-53(47,48)50-38-37-44)39-49-42(45)35-33-31-29-27-25-23-21-18-16-14-12-10-8-6-4-2/h11,13,22,24,41H,3-10,12,14-21,23,25-40,44H2,1-2H3,(H,47,48)/b13-11-,24-22-/t41-/m1/s1. The summed E-state index contributed by atoms with van der Waals surface area (Å²) in [5, 5.41) is 0. The number of carbonyl (C=O) groups is 2. The van der Waals surface area contributed by atoms with E-state index in [1.54, 1.807) is 0 Å². The fraction of sp³-hybridized carbons (Fsp3) is 0.860. The third-order valence-corrected chi connectivity index (χ3v) is 10.3. The Morgan fingerprint density at radius 1 is 0.547 bits per heavy atom. The van der Waals surface area contributed by atoms with E-state index in [1.807, 2.05) is 0 Å². The van der Waals surface area contributed by atoms with E-state index in [2.05, 4.69) is 38.2 Å². The van der Waals surface area contributed by atoms with E-state index in [9.17, 15) is 19.0 Å². The molecule has 0 aliphatic rings. The Hall–Kier alpha value is -1.51. The summed E-state index contributed by atoms with van der Waals surface area (Å²) >= 11 is 0. The van der Waals surface area contributed by atoms with Gasteiger partial charge in [0.1, 0.15) is 6.61 Å². The Bertz CT molecular complexity index is 928. The fourth-order valence-corrected chi connectivity index (χ4v) is 6.80. The highest BCUT2D eigenvalue weighted by Gasteiger charge is 2.26. The van der Waals surface area contributed by atoms with E-state index in [0.717, 1.165) is 51.4 Å². The van der Waals surface area contributed by atoms with Gasteiger partial charge in [-0.1, -0.05) is 154 Å². The van der Waals surface area contributed by atoms with Gasteiger partial charge in [0.2, 0.25) is 0 Å². The highest BCUT2D eigenvalue weighted by Crippen LogP contribution is 2.43. The van der Waals surface area contributed by atoms with Crippen molar-refractivity contribution in [2.45, 2.75) is 213 Å². The van der Waals surface area contributed by atoms with Gasteiger partial charge in [-0.3, -0.25) is 18.6 Å². The molecule has 53 heavy (non-hydrogen) atoms. The summed E-state index contributed by atoms with van der Waals surface area (Å²) in [6, 6.07) is 0. The first-order valence-corrected chi connectivity index (χ1v) is 23.3. The van der Waals surface area contributed by atoms with Gasteiger partial charge >= 0.3 is 19.8 Å². The molecular formula is C43H82NO8P. The van der Waals surface area contributed by atoms with Crippen LogP contribution in [0.25, 0.3) is 0 Å². The van der Waals surface area contributed by atoms with Crippen molar-refractivity contribution in [1.29, 1.82) is 0 Å². The molecule has 0 spiro atoms. The van der Waals surface area contributed by atoms with Crippen LogP contribution in [0.2, 0.25) is 0 Å². The molecule has 1 unspecified atom stereocenters. The van der Waals surface area contributed by atoms with Crippen molar-refractivity contribution in [3.05, 3.63) is 24.3 Å². The molecule has 312 valence electrons. The molecule has 0 aromatic heterocycles. The molecule has 0 radical (unpaired) electrons. The zero-order chi connectivity index (χ0) is 38.9. The minimum atomic E-state index is -4.38. The zero-order valence-electron chi connectivity index (χ0n) is 34.3. The number of allylic oxidation sites excluding steroid dienone is 4. The lowest BCUT2D eigenvalue weighted by Gasteiger charge is -2.19. The van der Waals surface area contributed by atoms with Crippen LogP contribution >= 0.6 is 7.82 Å². The Labute approximate surface area is 325 Å². The van der Waals surface area contributed by atoms with Crippen LogP contribution in [-0.2, 0) is 32.7 Å².